The fourth-order valence-corrected chi connectivity index (χ4v) is 1.77. The van der Waals surface area contributed by atoms with Gasteiger partial charge >= 0.3 is 6.18 Å². The number of halogens is 3. The number of nitrogens with zero attached hydrogens (tertiary/aromatic N) is 2. The van der Waals surface area contributed by atoms with E-state index in [1.165, 1.54) is 25.4 Å². The quantitative estimate of drug-likeness (QED) is 0.852. The Kier molecular flexibility index (Phi) is 5.20. The zero-order valence-electron chi connectivity index (χ0n) is 12.3. The molecular weight excluding hydrogens is 313 g/mol. The highest BCUT2D eigenvalue weighted by Crippen LogP contribution is 2.21. The average Bonchev–Trinajstić information content (AvgIpc) is 2.99. The molecule has 0 spiro atoms. The second-order valence-corrected chi connectivity index (χ2v) is 4.69. The van der Waals surface area contributed by atoms with E-state index in [4.69, 9.17) is 4.42 Å². The first-order valence-corrected chi connectivity index (χ1v) is 6.81. The van der Waals surface area contributed by atoms with Crippen LogP contribution in [0.3, 0.4) is 0 Å². The van der Waals surface area contributed by atoms with Crippen molar-refractivity contribution in [2.45, 2.75) is 25.6 Å². The van der Waals surface area contributed by atoms with Crippen molar-refractivity contribution in [3.63, 3.8) is 0 Å². The Labute approximate surface area is 130 Å². The van der Waals surface area contributed by atoms with Crippen LogP contribution < -0.4 is 10.6 Å². The third-order valence-electron chi connectivity index (χ3n) is 2.91. The fraction of sp³-hybridized carbons (Fsp3) is 0.357. The maximum atomic E-state index is 12.2. The minimum absolute atomic E-state index is 0.171. The fourth-order valence-electron chi connectivity index (χ4n) is 1.77. The van der Waals surface area contributed by atoms with E-state index < -0.39 is 12.6 Å². The summed E-state index contributed by atoms with van der Waals surface area (Å²) in [6.45, 7) is 0.208. The zero-order chi connectivity index (χ0) is 16.9. The predicted octanol–water partition coefficient (Wildman–Crippen LogP) is 2.54. The molecule has 0 aromatic carbocycles. The molecule has 2 aromatic heterocycles. The number of nitrogens with one attached hydrogen (secondary N) is 2. The molecule has 23 heavy (non-hydrogen) atoms. The van der Waals surface area contributed by atoms with Crippen LogP contribution in [0.2, 0.25) is 0 Å². The SMILES string of the molecule is CNC(=O)c1ccc(CNc2nccc(CCC(F)(F)F)n2)o1. The molecule has 0 saturated heterocycles. The number of anilines is 1. The summed E-state index contributed by atoms with van der Waals surface area (Å²) in [6, 6.07) is 4.58. The number of amides is 1. The monoisotopic (exact) mass is 328 g/mol. The highest BCUT2D eigenvalue weighted by Gasteiger charge is 2.26. The Balaban J connectivity index is 1.93. The van der Waals surface area contributed by atoms with E-state index in [1.807, 2.05) is 0 Å². The van der Waals surface area contributed by atoms with Gasteiger partial charge in [-0.15, -0.1) is 0 Å². The van der Waals surface area contributed by atoms with E-state index in [1.54, 1.807) is 6.07 Å². The second kappa shape index (κ2) is 7.12. The number of alkyl halides is 3. The molecule has 2 rings (SSSR count). The number of hydrogen-bond acceptors (Lipinski definition) is 5. The number of aryl methyl sites for hydroxylation is 1. The summed E-state index contributed by atoms with van der Waals surface area (Å²) in [5, 5.41) is 5.27. The summed E-state index contributed by atoms with van der Waals surface area (Å²) in [6.07, 6.45) is -3.97. The summed E-state index contributed by atoms with van der Waals surface area (Å²) >= 11 is 0. The lowest BCUT2D eigenvalue weighted by molar-refractivity contribution is -0.134. The normalized spacial score (nSPS) is 11.3. The van der Waals surface area contributed by atoms with Crippen molar-refractivity contribution in [1.82, 2.24) is 15.3 Å². The lowest BCUT2D eigenvalue weighted by Crippen LogP contribution is -2.16. The number of aromatic nitrogens is 2. The second-order valence-electron chi connectivity index (χ2n) is 4.69. The van der Waals surface area contributed by atoms with Gasteiger partial charge in [0.2, 0.25) is 5.95 Å². The van der Waals surface area contributed by atoms with Crippen molar-refractivity contribution >= 4 is 11.9 Å². The van der Waals surface area contributed by atoms with Gasteiger partial charge in [-0.25, -0.2) is 9.97 Å². The number of rotatable bonds is 6. The Morgan fingerprint density at radius 2 is 2.09 bits per heavy atom. The first kappa shape index (κ1) is 16.8. The highest BCUT2D eigenvalue weighted by atomic mass is 19.4. The third-order valence-corrected chi connectivity index (χ3v) is 2.91. The van der Waals surface area contributed by atoms with Crippen molar-refractivity contribution in [3.05, 3.63) is 41.6 Å². The van der Waals surface area contributed by atoms with Gasteiger partial charge in [0.15, 0.2) is 5.76 Å². The molecule has 2 heterocycles. The van der Waals surface area contributed by atoms with E-state index in [9.17, 15) is 18.0 Å². The van der Waals surface area contributed by atoms with Gasteiger partial charge in [-0.05, 0) is 24.6 Å². The average molecular weight is 328 g/mol. The van der Waals surface area contributed by atoms with E-state index in [0.29, 0.717) is 11.5 Å². The maximum absolute atomic E-state index is 12.2. The molecule has 1 amide bonds. The maximum Gasteiger partial charge on any atom is 0.389 e. The Morgan fingerprint density at radius 3 is 2.78 bits per heavy atom. The lowest BCUT2D eigenvalue weighted by atomic mass is 10.2. The number of hydrogen-bond donors (Lipinski definition) is 2. The topological polar surface area (TPSA) is 80.0 Å². The van der Waals surface area contributed by atoms with Crippen molar-refractivity contribution in [1.29, 1.82) is 0 Å². The molecule has 6 nitrogen and oxygen atoms in total. The Bertz CT molecular complexity index is 670. The van der Waals surface area contributed by atoms with Crippen LogP contribution in [0.4, 0.5) is 19.1 Å². The van der Waals surface area contributed by atoms with Gasteiger partial charge < -0.3 is 15.1 Å². The van der Waals surface area contributed by atoms with Gasteiger partial charge in [-0.3, -0.25) is 4.79 Å². The minimum Gasteiger partial charge on any atom is -0.454 e. The number of furan rings is 1. The molecule has 0 atom stereocenters. The molecule has 0 fully saturated rings. The van der Waals surface area contributed by atoms with E-state index in [0.717, 1.165) is 0 Å². The van der Waals surface area contributed by atoms with Crippen molar-refractivity contribution < 1.29 is 22.4 Å². The molecule has 0 aliphatic rings. The molecule has 124 valence electrons. The molecule has 2 N–H and O–H groups in total. The van der Waals surface area contributed by atoms with E-state index in [-0.39, 0.29) is 30.6 Å². The standard InChI is InChI=1S/C14H15F3N4O2/c1-18-12(22)11-3-2-10(23-11)8-20-13-19-7-5-9(21-13)4-6-14(15,16)17/h2-3,5,7H,4,6,8H2,1H3,(H,18,22)(H,19,20,21). The molecule has 0 aliphatic carbocycles. The minimum atomic E-state index is -4.22. The van der Waals surface area contributed by atoms with Crippen LogP contribution in [0.1, 0.15) is 28.4 Å². The molecule has 0 unspecified atom stereocenters. The first-order valence-electron chi connectivity index (χ1n) is 6.81. The molecule has 0 radical (unpaired) electrons. The predicted molar refractivity (Wildman–Crippen MR) is 75.8 cm³/mol. The smallest absolute Gasteiger partial charge is 0.389 e. The van der Waals surface area contributed by atoms with E-state index in [2.05, 4.69) is 20.6 Å². The van der Waals surface area contributed by atoms with Crippen LogP contribution in [0, 0.1) is 0 Å². The van der Waals surface area contributed by atoms with Crippen LogP contribution in [0.15, 0.2) is 28.8 Å². The van der Waals surface area contributed by atoms with Gasteiger partial charge in [-0.1, -0.05) is 0 Å². The Morgan fingerprint density at radius 1 is 1.30 bits per heavy atom. The summed E-state index contributed by atoms with van der Waals surface area (Å²) in [5.41, 5.74) is 0.297. The summed E-state index contributed by atoms with van der Waals surface area (Å²) in [7, 11) is 1.49. The van der Waals surface area contributed by atoms with Crippen molar-refractivity contribution in [2.24, 2.45) is 0 Å². The number of carbonyl (C=O) groups is 1. The summed E-state index contributed by atoms with van der Waals surface area (Å²) in [5.74, 6) is 0.501. The summed E-state index contributed by atoms with van der Waals surface area (Å²) in [4.78, 5) is 19.3. The third kappa shape index (κ3) is 5.28. The zero-order valence-corrected chi connectivity index (χ0v) is 12.3. The number of carbonyl (C=O) groups excluding carboxylic acids is 1. The Hall–Kier alpha value is -2.58. The largest absolute Gasteiger partial charge is 0.454 e. The van der Waals surface area contributed by atoms with Crippen LogP contribution in [0.25, 0.3) is 0 Å². The molecule has 9 heteroatoms. The van der Waals surface area contributed by atoms with Crippen molar-refractivity contribution in [3.8, 4) is 0 Å². The molecule has 0 saturated carbocycles. The molecule has 2 aromatic rings. The van der Waals surface area contributed by atoms with E-state index >= 15 is 0 Å². The summed E-state index contributed by atoms with van der Waals surface area (Å²) < 4.78 is 41.9. The van der Waals surface area contributed by atoms with Crippen LogP contribution >= 0.6 is 0 Å². The van der Waals surface area contributed by atoms with Crippen LogP contribution in [0.5, 0.6) is 0 Å². The van der Waals surface area contributed by atoms with Gasteiger partial charge in [-0.2, -0.15) is 13.2 Å². The van der Waals surface area contributed by atoms with Crippen molar-refractivity contribution in [2.75, 3.05) is 12.4 Å². The van der Waals surface area contributed by atoms with Gasteiger partial charge in [0.05, 0.1) is 6.54 Å². The van der Waals surface area contributed by atoms with Gasteiger partial charge in [0.1, 0.15) is 5.76 Å². The molecule has 0 bridgehead atoms. The van der Waals surface area contributed by atoms with Gasteiger partial charge in [0, 0.05) is 25.4 Å². The van der Waals surface area contributed by atoms with Crippen LogP contribution in [-0.4, -0.2) is 29.1 Å². The van der Waals surface area contributed by atoms with Gasteiger partial charge in [0.25, 0.3) is 5.91 Å². The first-order chi connectivity index (χ1) is 10.9. The van der Waals surface area contributed by atoms with Crippen LogP contribution in [-0.2, 0) is 13.0 Å². The highest BCUT2D eigenvalue weighted by molar-refractivity contribution is 5.91. The molecule has 0 aliphatic heterocycles. The lowest BCUT2D eigenvalue weighted by Gasteiger charge is -2.07. The molecular formula is C14H15F3N4O2.